The summed E-state index contributed by atoms with van der Waals surface area (Å²) in [6.07, 6.45) is -2.08. The van der Waals surface area contributed by atoms with E-state index in [1.165, 1.54) is 0 Å². The second kappa shape index (κ2) is 19.6. The van der Waals surface area contributed by atoms with Gasteiger partial charge in [0.25, 0.3) is 0 Å². The molecule has 4 fully saturated rings. The molecule has 4 aromatic rings. The lowest BCUT2D eigenvalue weighted by Crippen LogP contribution is -2.49. The van der Waals surface area contributed by atoms with Gasteiger partial charge in [0.1, 0.15) is 49.4 Å². The van der Waals surface area contributed by atoms with E-state index in [9.17, 15) is 0 Å². The fourth-order valence-corrected chi connectivity index (χ4v) is 7.56. The Kier molecular flexibility index (Phi) is 13.4. The molecule has 14 nitrogen and oxygen atoms in total. The number of rotatable bonds is 0. The first-order valence-electron chi connectivity index (χ1n) is 20.6. The summed E-state index contributed by atoms with van der Waals surface area (Å²) in [5, 5.41) is 0. The van der Waals surface area contributed by atoms with E-state index in [-0.39, 0.29) is 0 Å². The summed E-state index contributed by atoms with van der Waals surface area (Å²) >= 11 is 0. The summed E-state index contributed by atoms with van der Waals surface area (Å²) < 4.78 is 85.2. The van der Waals surface area contributed by atoms with Crippen LogP contribution in [0.3, 0.4) is 0 Å². The molecule has 11 heterocycles. The summed E-state index contributed by atoms with van der Waals surface area (Å²) in [5.41, 5.74) is 2.69. The lowest BCUT2D eigenvalue weighted by Gasteiger charge is -2.43. The third-order valence-electron chi connectivity index (χ3n) is 10.8. The Balaban J connectivity index is 0.804. The molecule has 0 N–H and O–H groups in total. The Morgan fingerprint density at radius 1 is 0.300 bits per heavy atom. The van der Waals surface area contributed by atoms with Crippen LogP contribution < -0.4 is 18.9 Å². The fourth-order valence-electron chi connectivity index (χ4n) is 7.56. The van der Waals surface area contributed by atoms with Crippen LogP contribution in [0, 0.1) is 10.8 Å². The van der Waals surface area contributed by atoms with E-state index in [2.05, 4.69) is 0 Å². The van der Waals surface area contributed by atoms with Gasteiger partial charge >= 0.3 is 0 Å². The third kappa shape index (κ3) is 10.4. The van der Waals surface area contributed by atoms with Crippen molar-refractivity contribution in [2.24, 2.45) is 10.8 Å². The van der Waals surface area contributed by atoms with Gasteiger partial charge in [0, 0.05) is 22.3 Å². The predicted molar refractivity (Wildman–Crippen MR) is 213 cm³/mol. The van der Waals surface area contributed by atoms with Gasteiger partial charge in [-0.2, -0.15) is 0 Å². The van der Waals surface area contributed by atoms with Crippen LogP contribution in [0.1, 0.15) is 47.4 Å². The SMILES string of the molecule is c1cc2cc(c1)C1OCC3(CO1)COC(OC3)c1cccc(c1)OCCOCCOc1cccc(c1)C1OCC3(COC(OC3)c3cccc(c3)OCCOCCO2)CO1. The molecule has 0 radical (unpaired) electrons. The summed E-state index contributed by atoms with van der Waals surface area (Å²) in [6.45, 7) is 6.60. The average Bonchev–Trinajstić information content (AvgIpc) is 3.29. The molecule has 320 valence electrons. The van der Waals surface area contributed by atoms with Gasteiger partial charge < -0.3 is 66.3 Å². The Hall–Kier alpha value is -4.32. The quantitative estimate of drug-likeness (QED) is 0.191. The normalized spacial score (nSPS) is 29.6. The molecule has 0 saturated carbocycles. The molecule has 0 atom stereocenters. The average molecular weight is 829 g/mol. The molecule has 2 spiro atoms. The summed E-state index contributed by atoms with van der Waals surface area (Å²) in [5.74, 6) is 2.83. The van der Waals surface area contributed by atoms with Gasteiger partial charge in [0.15, 0.2) is 25.2 Å². The highest BCUT2D eigenvalue weighted by molar-refractivity contribution is 5.32. The molecule has 0 aromatic heterocycles. The molecule has 15 rings (SSSR count). The molecule has 4 saturated heterocycles. The zero-order chi connectivity index (χ0) is 40.5. The van der Waals surface area contributed by atoms with Crippen molar-refractivity contribution in [3.63, 3.8) is 0 Å². The summed E-state index contributed by atoms with van der Waals surface area (Å²) in [6, 6.07) is 30.9. The molecule has 14 bridgehead atoms. The predicted octanol–water partition coefficient (Wildman–Crippen LogP) is 6.50. The van der Waals surface area contributed by atoms with Crippen molar-refractivity contribution in [2.75, 3.05) is 106 Å². The van der Waals surface area contributed by atoms with Crippen molar-refractivity contribution in [3.8, 4) is 23.0 Å². The Bertz CT molecular complexity index is 1670. The molecule has 4 aromatic carbocycles. The zero-order valence-electron chi connectivity index (χ0n) is 33.6. The largest absolute Gasteiger partial charge is 0.491 e. The van der Waals surface area contributed by atoms with Gasteiger partial charge in [-0.3, -0.25) is 0 Å². The Morgan fingerprint density at radius 2 is 0.533 bits per heavy atom. The Labute approximate surface area is 349 Å². The number of benzene rings is 4. The number of hydrogen-bond acceptors (Lipinski definition) is 14. The maximum atomic E-state index is 6.21. The molecule has 0 aliphatic carbocycles. The van der Waals surface area contributed by atoms with Crippen LogP contribution in [-0.4, -0.2) is 106 Å². The van der Waals surface area contributed by atoms with Crippen molar-refractivity contribution in [3.05, 3.63) is 119 Å². The van der Waals surface area contributed by atoms with Crippen molar-refractivity contribution in [2.45, 2.75) is 25.2 Å². The molecule has 0 unspecified atom stereocenters. The Morgan fingerprint density at radius 3 is 0.767 bits per heavy atom. The minimum atomic E-state index is -0.520. The maximum absolute atomic E-state index is 6.21. The topological polar surface area (TPSA) is 129 Å². The first kappa shape index (κ1) is 41.1. The number of hydrogen-bond donors (Lipinski definition) is 0. The van der Waals surface area contributed by atoms with Crippen LogP contribution in [0.15, 0.2) is 97.1 Å². The van der Waals surface area contributed by atoms with Crippen LogP contribution in [0.2, 0.25) is 0 Å². The molecule has 0 amide bonds. The first-order valence-corrected chi connectivity index (χ1v) is 20.6. The van der Waals surface area contributed by atoms with E-state index in [1.54, 1.807) is 0 Å². The van der Waals surface area contributed by atoms with E-state index < -0.39 is 36.0 Å². The fraction of sp³-hybridized carbons (Fsp3) is 0.478. The van der Waals surface area contributed by atoms with Crippen LogP contribution in [0.5, 0.6) is 23.0 Å². The van der Waals surface area contributed by atoms with Gasteiger partial charge in [-0.15, -0.1) is 0 Å². The summed E-state index contributed by atoms with van der Waals surface area (Å²) in [7, 11) is 0. The van der Waals surface area contributed by atoms with Crippen LogP contribution in [0.25, 0.3) is 0 Å². The van der Waals surface area contributed by atoms with Crippen LogP contribution in [-0.2, 0) is 47.4 Å². The van der Waals surface area contributed by atoms with Gasteiger partial charge in [0.05, 0.1) is 90.1 Å². The lowest BCUT2D eigenvalue weighted by atomic mass is 9.90. The first-order chi connectivity index (χ1) is 29.6. The molecule has 11 aliphatic rings. The van der Waals surface area contributed by atoms with Crippen molar-refractivity contribution in [1.29, 1.82) is 0 Å². The minimum Gasteiger partial charge on any atom is -0.491 e. The molecular formula is C46H52O14. The van der Waals surface area contributed by atoms with Crippen molar-refractivity contribution in [1.82, 2.24) is 0 Å². The van der Waals surface area contributed by atoms with Gasteiger partial charge in [0.2, 0.25) is 0 Å². The lowest BCUT2D eigenvalue weighted by molar-refractivity contribution is -0.307. The highest BCUT2D eigenvalue weighted by Crippen LogP contribution is 2.41. The van der Waals surface area contributed by atoms with Crippen LogP contribution >= 0.6 is 0 Å². The van der Waals surface area contributed by atoms with Crippen molar-refractivity contribution < 1.29 is 66.3 Å². The minimum absolute atomic E-state index is 0.379. The molecule has 11 aliphatic heterocycles. The number of ether oxygens (including phenoxy) is 14. The smallest absolute Gasteiger partial charge is 0.183 e. The molecule has 60 heavy (non-hydrogen) atoms. The molecular weight excluding hydrogens is 776 g/mol. The van der Waals surface area contributed by atoms with E-state index in [0.717, 1.165) is 22.3 Å². The van der Waals surface area contributed by atoms with Gasteiger partial charge in [-0.25, -0.2) is 0 Å². The molecule has 14 heteroatoms. The standard InChI is InChI=1S/C46H52O14/c1-5-33-21-37(9-1)49-17-13-47-14-18-50-38-10-3-7-35(23-38)43-57-29-46(30-58-43)31-59-44(60-32-46)36-8-4-12-40(24-36)52-20-16-48-15-19-51-39-11-2-6-34(22-39)42-55-27-45(28-56-42)25-53-41(33)54-26-45/h1-12,21-24,41-44H,13-20,25-32H2. The second-order valence-electron chi connectivity index (χ2n) is 15.7. The zero-order valence-corrected chi connectivity index (χ0v) is 33.6. The van der Waals surface area contributed by atoms with Gasteiger partial charge in [-0.1, -0.05) is 48.5 Å². The van der Waals surface area contributed by atoms with E-state index in [4.69, 9.17) is 66.3 Å². The van der Waals surface area contributed by atoms with Gasteiger partial charge in [-0.05, 0) is 48.5 Å². The monoisotopic (exact) mass is 828 g/mol. The third-order valence-corrected chi connectivity index (χ3v) is 10.8. The van der Waals surface area contributed by atoms with Crippen molar-refractivity contribution >= 4 is 0 Å². The second-order valence-corrected chi connectivity index (χ2v) is 15.7. The highest BCUT2D eigenvalue weighted by Gasteiger charge is 2.44. The summed E-state index contributed by atoms with van der Waals surface area (Å²) in [4.78, 5) is 0. The maximum Gasteiger partial charge on any atom is 0.183 e. The van der Waals surface area contributed by atoms with E-state index in [0.29, 0.717) is 129 Å². The van der Waals surface area contributed by atoms with Crippen LogP contribution in [0.4, 0.5) is 0 Å². The van der Waals surface area contributed by atoms with E-state index in [1.807, 2.05) is 97.1 Å². The highest BCUT2D eigenvalue weighted by atomic mass is 16.7. The van der Waals surface area contributed by atoms with E-state index >= 15 is 0 Å².